The van der Waals surface area contributed by atoms with Gasteiger partial charge in [0.15, 0.2) is 5.17 Å². The average Bonchev–Trinajstić information content (AvgIpc) is 3.09. The summed E-state index contributed by atoms with van der Waals surface area (Å²) in [6, 6.07) is 13.8. The second kappa shape index (κ2) is 7.79. The van der Waals surface area contributed by atoms with Gasteiger partial charge in [-0.3, -0.25) is 19.9 Å². The van der Waals surface area contributed by atoms with Gasteiger partial charge in [0.05, 0.1) is 10.6 Å². The van der Waals surface area contributed by atoms with Crippen LogP contribution in [0, 0.1) is 16.0 Å². The number of nitrogens with zero attached hydrogens (tertiary/aromatic N) is 4. The van der Waals surface area contributed by atoms with Gasteiger partial charge in [0, 0.05) is 23.4 Å². The molecule has 148 valence electrons. The number of thioether (sulfide) groups is 1. The van der Waals surface area contributed by atoms with Crippen LogP contribution in [0.2, 0.25) is 0 Å². The minimum atomic E-state index is -0.412. The number of nitro groups is 1. The first-order valence-electron chi connectivity index (χ1n) is 9.45. The third-order valence-electron chi connectivity index (χ3n) is 5.17. The van der Waals surface area contributed by atoms with Crippen molar-refractivity contribution in [2.75, 3.05) is 0 Å². The molecule has 0 unspecified atom stereocenters. The molecule has 0 saturated heterocycles. The van der Waals surface area contributed by atoms with Gasteiger partial charge in [0.1, 0.15) is 11.9 Å². The van der Waals surface area contributed by atoms with Gasteiger partial charge in [-0.05, 0) is 23.6 Å². The highest BCUT2D eigenvalue weighted by Gasteiger charge is 2.42. The predicted octanol–water partition coefficient (Wildman–Crippen LogP) is 4.53. The van der Waals surface area contributed by atoms with Crippen molar-refractivity contribution in [3.05, 3.63) is 69.8 Å². The maximum absolute atomic E-state index is 13.1. The number of non-ortho nitro benzene ring substituents is 1. The summed E-state index contributed by atoms with van der Waals surface area (Å²) in [5.74, 6) is 1.19. The molecule has 0 aliphatic carbocycles. The van der Waals surface area contributed by atoms with Gasteiger partial charge < -0.3 is 0 Å². The van der Waals surface area contributed by atoms with E-state index in [4.69, 9.17) is 9.98 Å². The smallest absolute Gasteiger partial charge is 0.269 e. The highest BCUT2D eigenvalue weighted by atomic mass is 32.2. The van der Waals surface area contributed by atoms with Crippen LogP contribution in [-0.2, 0) is 10.5 Å². The molecule has 2 heterocycles. The second-order valence-corrected chi connectivity index (χ2v) is 8.03. The number of benzene rings is 2. The fraction of sp³-hybridized carbons (Fsp3) is 0.286. The van der Waals surface area contributed by atoms with Crippen molar-refractivity contribution in [2.24, 2.45) is 15.9 Å². The molecule has 0 bridgehead atoms. The SMILES string of the molecule is CC[C@H](C)[C@@H]1N=C2c3ccccc3N=C(SCc3cccc([N+](=O)[O-])c3)N2C1=O. The van der Waals surface area contributed by atoms with Crippen LogP contribution in [0.1, 0.15) is 31.4 Å². The van der Waals surface area contributed by atoms with E-state index in [0.717, 1.165) is 23.2 Å². The van der Waals surface area contributed by atoms with Crippen molar-refractivity contribution in [1.82, 2.24) is 4.90 Å². The van der Waals surface area contributed by atoms with Gasteiger partial charge in [-0.1, -0.05) is 56.3 Å². The highest BCUT2D eigenvalue weighted by molar-refractivity contribution is 8.13. The van der Waals surface area contributed by atoms with Crippen LogP contribution >= 0.6 is 11.8 Å². The van der Waals surface area contributed by atoms with E-state index in [-0.39, 0.29) is 17.5 Å². The normalized spacial score (nSPS) is 18.6. The molecule has 7 nitrogen and oxygen atoms in total. The molecule has 2 atom stereocenters. The molecule has 0 N–H and O–H groups in total. The lowest BCUT2D eigenvalue weighted by atomic mass is 10.00. The minimum Gasteiger partial charge on any atom is -0.271 e. The third kappa shape index (κ3) is 3.55. The van der Waals surface area contributed by atoms with Crippen LogP contribution in [0.15, 0.2) is 58.5 Å². The van der Waals surface area contributed by atoms with Crippen molar-refractivity contribution >= 4 is 40.0 Å². The Kier molecular flexibility index (Phi) is 5.19. The molecule has 2 aliphatic heterocycles. The Morgan fingerprint density at radius 2 is 2.03 bits per heavy atom. The van der Waals surface area contributed by atoms with Gasteiger partial charge in [0.25, 0.3) is 11.6 Å². The van der Waals surface area contributed by atoms with Gasteiger partial charge in [0.2, 0.25) is 0 Å². The Morgan fingerprint density at radius 3 is 2.79 bits per heavy atom. The van der Waals surface area contributed by atoms with E-state index in [0.29, 0.717) is 16.8 Å². The van der Waals surface area contributed by atoms with Crippen LogP contribution in [0.4, 0.5) is 11.4 Å². The number of para-hydroxylation sites is 1. The number of nitro benzene ring substituents is 1. The van der Waals surface area contributed by atoms with E-state index in [9.17, 15) is 14.9 Å². The second-order valence-electron chi connectivity index (χ2n) is 7.08. The van der Waals surface area contributed by atoms with E-state index in [1.807, 2.05) is 37.3 Å². The van der Waals surface area contributed by atoms with Gasteiger partial charge in [-0.15, -0.1) is 0 Å². The van der Waals surface area contributed by atoms with E-state index < -0.39 is 11.0 Å². The number of carbonyl (C=O) groups is 1. The third-order valence-corrected chi connectivity index (χ3v) is 6.18. The summed E-state index contributed by atoms with van der Waals surface area (Å²) in [4.78, 5) is 34.8. The number of fused-ring (bicyclic) bond motifs is 3. The van der Waals surface area contributed by atoms with E-state index in [1.165, 1.54) is 17.8 Å². The highest BCUT2D eigenvalue weighted by Crippen LogP contribution is 2.36. The summed E-state index contributed by atoms with van der Waals surface area (Å²) >= 11 is 1.39. The fourth-order valence-electron chi connectivity index (χ4n) is 3.37. The number of hydrogen-bond acceptors (Lipinski definition) is 6. The van der Waals surface area contributed by atoms with Gasteiger partial charge in [-0.25, -0.2) is 9.89 Å². The quantitative estimate of drug-likeness (QED) is 0.537. The van der Waals surface area contributed by atoms with Gasteiger partial charge >= 0.3 is 0 Å². The number of amides is 1. The largest absolute Gasteiger partial charge is 0.271 e. The zero-order chi connectivity index (χ0) is 20.5. The fourth-order valence-corrected chi connectivity index (χ4v) is 4.31. The minimum absolute atomic E-state index is 0.0513. The van der Waals surface area contributed by atoms with Gasteiger partial charge in [-0.2, -0.15) is 0 Å². The summed E-state index contributed by atoms with van der Waals surface area (Å²) in [6.07, 6.45) is 0.857. The molecular formula is C21H20N4O3S. The molecule has 2 aromatic carbocycles. The monoisotopic (exact) mass is 408 g/mol. The van der Waals surface area contributed by atoms with Crippen LogP contribution in [0.5, 0.6) is 0 Å². The molecule has 2 aromatic rings. The summed E-state index contributed by atoms with van der Waals surface area (Å²) in [5, 5.41) is 11.6. The Morgan fingerprint density at radius 1 is 1.24 bits per heavy atom. The summed E-state index contributed by atoms with van der Waals surface area (Å²) in [6.45, 7) is 4.08. The molecule has 1 amide bonds. The molecule has 29 heavy (non-hydrogen) atoms. The molecule has 2 aliphatic rings. The van der Waals surface area contributed by atoms with Crippen LogP contribution in [0.3, 0.4) is 0 Å². The van der Waals surface area contributed by atoms with E-state index in [2.05, 4.69) is 6.92 Å². The maximum Gasteiger partial charge on any atom is 0.269 e. The lowest BCUT2D eigenvalue weighted by Crippen LogP contribution is -2.42. The number of rotatable bonds is 5. The topological polar surface area (TPSA) is 88.2 Å². The zero-order valence-electron chi connectivity index (χ0n) is 16.1. The van der Waals surface area contributed by atoms with Crippen LogP contribution in [0.25, 0.3) is 0 Å². The molecule has 0 saturated carbocycles. The Bertz CT molecular complexity index is 1050. The molecule has 8 heteroatoms. The molecular weight excluding hydrogens is 388 g/mol. The Hall–Kier alpha value is -3.00. The number of carbonyl (C=O) groups excluding carboxylic acids is 1. The summed E-state index contributed by atoms with van der Waals surface area (Å²) in [5.41, 5.74) is 2.48. The molecule has 0 aromatic heterocycles. The molecule has 0 radical (unpaired) electrons. The first kappa shape index (κ1) is 19.3. The standard InChI is InChI=1S/C21H20N4O3S/c1-3-13(2)18-20(26)24-19(23-18)16-9-4-5-10-17(16)22-21(24)29-12-14-7-6-8-15(11-14)25(27)28/h4-11,13,18H,3,12H2,1-2H3/t13-,18-/m0/s1. The van der Waals surface area contributed by atoms with Crippen LogP contribution < -0.4 is 0 Å². The molecule has 0 spiro atoms. The van der Waals surface area contributed by atoms with E-state index in [1.54, 1.807) is 17.0 Å². The number of aliphatic imine (C=N–C) groups is 2. The maximum atomic E-state index is 13.1. The summed E-state index contributed by atoms with van der Waals surface area (Å²) < 4.78 is 0. The van der Waals surface area contributed by atoms with Crippen LogP contribution in [-0.4, -0.2) is 32.8 Å². The first-order chi connectivity index (χ1) is 14.0. The van der Waals surface area contributed by atoms with Crippen molar-refractivity contribution in [1.29, 1.82) is 0 Å². The molecule has 0 fully saturated rings. The Labute approximate surface area is 172 Å². The first-order valence-corrected chi connectivity index (χ1v) is 10.4. The van der Waals surface area contributed by atoms with E-state index >= 15 is 0 Å². The Balaban J connectivity index is 1.66. The predicted molar refractivity (Wildman–Crippen MR) is 115 cm³/mol. The lowest BCUT2D eigenvalue weighted by Gasteiger charge is -2.26. The lowest BCUT2D eigenvalue weighted by molar-refractivity contribution is -0.384. The zero-order valence-corrected chi connectivity index (χ0v) is 16.9. The number of amidine groups is 2. The van der Waals surface area contributed by atoms with Crippen molar-refractivity contribution in [2.45, 2.75) is 32.1 Å². The average molecular weight is 408 g/mol. The summed E-state index contributed by atoms with van der Waals surface area (Å²) in [7, 11) is 0. The number of hydrogen-bond donors (Lipinski definition) is 0. The molecule has 4 rings (SSSR count). The van der Waals surface area contributed by atoms with Crippen molar-refractivity contribution < 1.29 is 9.72 Å². The van der Waals surface area contributed by atoms with Crippen molar-refractivity contribution in [3.8, 4) is 0 Å². The van der Waals surface area contributed by atoms with Crippen molar-refractivity contribution in [3.63, 3.8) is 0 Å².